The van der Waals surface area contributed by atoms with Gasteiger partial charge in [0.25, 0.3) is 5.56 Å². The predicted molar refractivity (Wildman–Crippen MR) is 102 cm³/mol. The molecule has 0 aliphatic carbocycles. The van der Waals surface area contributed by atoms with Crippen molar-refractivity contribution in [3.8, 4) is 11.3 Å². The minimum atomic E-state index is -4.27. The Balaban J connectivity index is 1.74. The molecular weight excluding hydrogens is 402 g/mol. The van der Waals surface area contributed by atoms with Crippen molar-refractivity contribution in [2.24, 2.45) is 0 Å². The summed E-state index contributed by atoms with van der Waals surface area (Å²) in [7, 11) is 0. The number of aromatic nitrogens is 5. The third kappa shape index (κ3) is 6.16. The zero-order chi connectivity index (χ0) is 21.7. The summed E-state index contributed by atoms with van der Waals surface area (Å²) in [5.41, 5.74) is 1.89. The van der Waals surface area contributed by atoms with Crippen molar-refractivity contribution in [2.45, 2.75) is 45.1 Å². The van der Waals surface area contributed by atoms with Crippen LogP contribution in [0.1, 0.15) is 30.4 Å². The molecule has 0 N–H and O–H groups in total. The number of hydrogen-bond donors (Lipinski definition) is 0. The van der Waals surface area contributed by atoms with Crippen LogP contribution in [0.15, 0.2) is 47.7 Å². The van der Waals surface area contributed by atoms with Crippen molar-refractivity contribution < 1.29 is 17.6 Å². The van der Waals surface area contributed by atoms with Crippen molar-refractivity contribution in [3.63, 3.8) is 0 Å². The Bertz CT molecular complexity index is 1030. The van der Waals surface area contributed by atoms with Gasteiger partial charge in [-0.2, -0.15) is 18.3 Å². The molecule has 0 fully saturated rings. The fraction of sp³-hybridized carbons (Fsp3) is 0.350. The molecule has 3 heterocycles. The summed E-state index contributed by atoms with van der Waals surface area (Å²) in [4.78, 5) is 24.2. The van der Waals surface area contributed by atoms with E-state index in [9.17, 15) is 22.4 Å². The average molecular weight is 421 g/mol. The normalized spacial score (nSPS) is 12.7. The highest BCUT2D eigenvalue weighted by Crippen LogP contribution is 2.21. The molecule has 1 unspecified atom stereocenters. The Morgan fingerprint density at radius 2 is 1.77 bits per heavy atom. The Morgan fingerprint density at radius 1 is 1.03 bits per heavy atom. The molecule has 3 rings (SSSR count). The van der Waals surface area contributed by atoms with Crippen LogP contribution >= 0.6 is 0 Å². The number of halogens is 4. The van der Waals surface area contributed by atoms with E-state index in [2.05, 4.69) is 20.1 Å². The van der Waals surface area contributed by atoms with Crippen molar-refractivity contribution >= 4 is 0 Å². The van der Waals surface area contributed by atoms with E-state index in [1.807, 2.05) is 0 Å². The van der Waals surface area contributed by atoms with E-state index in [0.717, 1.165) is 5.56 Å². The van der Waals surface area contributed by atoms with Crippen LogP contribution in [0, 0.1) is 0 Å². The number of aryl methyl sites for hydroxylation is 1. The van der Waals surface area contributed by atoms with Crippen LogP contribution in [0.2, 0.25) is 0 Å². The Hall–Kier alpha value is -3.17. The minimum Gasteiger partial charge on any atom is -0.268 e. The van der Waals surface area contributed by atoms with Crippen LogP contribution < -0.4 is 5.56 Å². The highest BCUT2D eigenvalue weighted by atomic mass is 19.4. The molecule has 0 spiro atoms. The number of rotatable bonds is 7. The molecule has 3 aromatic heterocycles. The molecule has 0 radical (unpaired) electrons. The Kier molecular flexibility index (Phi) is 6.53. The van der Waals surface area contributed by atoms with Gasteiger partial charge in [0.15, 0.2) is 0 Å². The SMILES string of the molecule is CC(F)Cc1ccc(Cn2nc(-c3cnc(CCC(F)(F)F)nc3)ccc2=O)cn1. The van der Waals surface area contributed by atoms with Crippen molar-refractivity contribution in [2.75, 3.05) is 0 Å². The maximum absolute atomic E-state index is 13.1. The van der Waals surface area contributed by atoms with Crippen LogP contribution in [-0.4, -0.2) is 37.1 Å². The van der Waals surface area contributed by atoms with Crippen molar-refractivity contribution in [1.29, 1.82) is 0 Å². The fourth-order valence-electron chi connectivity index (χ4n) is 2.72. The van der Waals surface area contributed by atoms with Crippen LogP contribution in [0.5, 0.6) is 0 Å². The van der Waals surface area contributed by atoms with Gasteiger partial charge in [0.05, 0.1) is 18.7 Å². The summed E-state index contributed by atoms with van der Waals surface area (Å²) in [6, 6.07) is 6.29. The summed E-state index contributed by atoms with van der Waals surface area (Å²) in [6.07, 6.45) is -2.02. The van der Waals surface area contributed by atoms with Crippen molar-refractivity contribution in [3.05, 3.63) is 70.3 Å². The van der Waals surface area contributed by atoms with E-state index < -0.39 is 18.8 Å². The van der Waals surface area contributed by atoms with E-state index in [0.29, 0.717) is 17.0 Å². The van der Waals surface area contributed by atoms with Crippen LogP contribution in [0.25, 0.3) is 11.3 Å². The summed E-state index contributed by atoms with van der Waals surface area (Å²) in [5, 5.41) is 4.28. The number of nitrogens with zero attached hydrogens (tertiary/aromatic N) is 5. The maximum atomic E-state index is 13.1. The quantitative estimate of drug-likeness (QED) is 0.546. The number of pyridine rings is 1. The Morgan fingerprint density at radius 3 is 2.37 bits per heavy atom. The second-order valence-corrected chi connectivity index (χ2v) is 6.86. The van der Waals surface area contributed by atoms with E-state index in [1.54, 1.807) is 18.3 Å². The monoisotopic (exact) mass is 421 g/mol. The van der Waals surface area contributed by atoms with Gasteiger partial charge in [-0.1, -0.05) is 6.07 Å². The predicted octanol–water partition coefficient (Wildman–Crippen LogP) is 3.54. The van der Waals surface area contributed by atoms with E-state index in [-0.39, 0.29) is 30.8 Å². The van der Waals surface area contributed by atoms with E-state index >= 15 is 0 Å². The molecule has 0 bridgehead atoms. The minimum absolute atomic E-state index is 0.0816. The first-order valence-electron chi connectivity index (χ1n) is 9.24. The summed E-state index contributed by atoms with van der Waals surface area (Å²) < 4.78 is 51.2. The lowest BCUT2D eigenvalue weighted by atomic mass is 10.2. The summed E-state index contributed by atoms with van der Waals surface area (Å²) in [5.74, 6) is 0.0816. The third-order valence-corrected chi connectivity index (χ3v) is 4.21. The Labute approximate surface area is 169 Å². The summed E-state index contributed by atoms with van der Waals surface area (Å²) >= 11 is 0. The smallest absolute Gasteiger partial charge is 0.268 e. The highest BCUT2D eigenvalue weighted by Gasteiger charge is 2.27. The first kappa shape index (κ1) is 21.5. The van der Waals surface area contributed by atoms with Gasteiger partial charge in [0, 0.05) is 48.8 Å². The largest absolute Gasteiger partial charge is 0.389 e. The molecule has 0 aromatic carbocycles. The first-order valence-corrected chi connectivity index (χ1v) is 9.24. The number of alkyl halides is 4. The van der Waals surface area contributed by atoms with Gasteiger partial charge in [0.2, 0.25) is 0 Å². The van der Waals surface area contributed by atoms with Crippen LogP contribution in [0.3, 0.4) is 0 Å². The van der Waals surface area contributed by atoms with Gasteiger partial charge in [0.1, 0.15) is 12.0 Å². The summed E-state index contributed by atoms with van der Waals surface area (Å²) in [6.45, 7) is 1.62. The lowest BCUT2D eigenvalue weighted by molar-refractivity contribution is -0.134. The first-order chi connectivity index (χ1) is 14.2. The molecule has 3 aromatic rings. The molecule has 0 saturated heterocycles. The molecular formula is C20H19F4N5O. The van der Waals surface area contributed by atoms with Crippen LogP contribution in [0.4, 0.5) is 17.6 Å². The molecule has 0 amide bonds. The van der Waals surface area contributed by atoms with E-state index in [4.69, 9.17) is 0 Å². The van der Waals surface area contributed by atoms with Gasteiger partial charge in [-0.15, -0.1) is 0 Å². The maximum Gasteiger partial charge on any atom is 0.389 e. The molecule has 0 aliphatic rings. The molecule has 6 nitrogen and oxygen atoms in total. The number of hydrogen-bond acceptors (Lipinski definition) is 5. The van der Waals surface area contributed by atoms with E-state index in [1.165, 1.54) is 36.1 Å². The topological polar surface area (TPSA) is 73.6 Å². The molecule has 158 valence electrons. The van der Waals surface area contributed by atoms with Gasteiger partial charge >= 0.3 is 6.18 Å². The molecule has 30 heavy (non-hydrogen) atoms. The second kappa shape index (κ2) is 9.10. The molecule has 0 saturated carbocycles. The highest BCUT2D eigenvalue weighted by molar-refractivity contribution is 5.55. The fourth-order valence-corrected chi connectivity index (χ4v) is 2.72. The zero-order valence-electron chi connectivity index (χ0n) is 16.1. The van der Waals surface area contributed by atoms with Gasteiger partial charge in [-0.3, -0.25) is 9.78 Å². The lowest BCUT2D eigenvalue weighted by Gasteiger charge is -2.09. The lowest BCUT2D eigenvalue weighted by Crippen LogP contribution is -2.23. The van der Waals surface area contributed by atoms with Gasteiger partial charge < -0.3 is 0 Å². The molecule has 10 heteroatoms. The second-order valence-electron chi connectivity index (χ2n) is 6.86. The zero-order valence-corrected chi connectivity index (χ0v) is 16.1. The average Bonchev–Trinajstić information content (AvgIpc) is 2.69. The molecule has 1 atom stereocenters. The molecule has 0 aliphatic heterocycles. The van der Waals surface area contributed by atoms with Gasteiger partial charge in [-0.25, -0.2) is 19.0 Å². The van der Waals surface area contributed by atoms with Crippen molar-refractivity contribution in [1.82, 2.24) is 24.7 Å². The van der Waals surface area contributed by atoms with Gasteiger partial charge in [-0.05, 0) is 24.6 Å². The standard InChI is InChI=1S/C20H19F4N5O/c1-13(21)8-16-3-2-14(9-25-16)12-29-19(30)5-4-17(28-29)15-10-26-18(27-11-15)6-7-20(22,23)24/h2-5,9-11,13H,6-8,12H2,1H3. The third-order valence-electron chi connectivity index (χ3n) is 4.21. The van der Waals surface area contributed by atoms with Crippen LogP contribution in [-0.2, 0) is 19.4 Å².